The molecule has 4 aromatic rings. The highest BCUT2D eigenvalue weighted by Gasteiger charge is 2.09. The molecule has 1 amide bonds. The number of phenolic OH excluding ortho intramolecular Hbond substituents is 2. The fraction of sp³-hybridized carbons (Fsp3) is 0. The molecule has 0 radical (unpaired) electrons. The number of benzene rings is 2. The van der Waals surface area contributed by atoms with Gasteiger partial charge in [-0.1, -0.05) is 36.4 Å². The number of nitrogens with one attached hydrogen (secondary N) is 1. The van der Waals surface area contributed by atoms with Crippen LogP contribution in [0.15, 0.2) is 65.8 Å². The summed E-state index contributed by atoms with van der Waals surface area (Å²) in [5.41, 5.74) is 3.79. The van der Waals surface area contributed by atoms with Gasteiger partial charge in [-0.3, -0.25) is 4.79 Å². The van der Waals surface area contributed by atoms with E-state index in [1.807, 2.05) is 6.07 Å². The Hall–Kier alpha value is -4.00. The van der Waals surface area contributed by atoms with Crippen LogP contribution in [0.1, 0.15) is 16.2 Å². The summed E-state index contributed by atoms with van der Waals surface area (Å²) in [4.78, 5) is 20.7. The molecule has 2 heterocycles. The summed E-state index contributed by atoms with van der Waals surface area (Å²) in [5.74, 6) is -0.433. The molecule has 0 saturated heterocycles. The summed E-state index contributed by atoms with van der Waals surface area (Å²) in [7, 11) is 0. The largest absolute Gasteiger partial charge is 0.506 e. The first-order chi connectivity index (χ1) is 13.1. The number of nitrogens with zero attached hydrogens (tertiary/aromatic N) is 3. The Morgan fingerprint density at radius 2 is 1.48 bits per heavy atom. The maximum absolute atomic E-state index is 12.2. The van der Waals surface area contributed by atoms with Crippen LogP contribution in [0.5, 0.6) is 11.5 Å². The minimum Gasteiger partial charge on any atom is -0.506 e. The molecule has 0 aliphatic rings. The van der Waals surface area contributed by atoms with E-state index in [4.69, 9.17) is 0 Å². The molecule has 2 aromatic heterocycles. The summed E-state index contributed by atoms with van der Waals surface area (Å²) in [6.07, 6.45) is 1.38. The maximum Gasteiger partial charge on any atom is 0.289 e. The molecule has 7 nitrogen and oxygen atoms in total. The van der Waals surface area contributed by atoms with E-state index in [0.717, 1.165) is 10.8 Å². The first kappa shape index (κ1) is 16.5. The van der Waals surface area contributed by atoms with E-state index in [-0.39, 0.29) is 17.2 Å². The van der Waals surface area contributed by atoms with E-state index in [1.54, 1.807) is 48.5 Å². The van der Waals surface area contributed by atoms with Gasteiger partial charge in [-0.2, -0.15) is 5.10 Å². The van der Waals surface area contributed by atoms with Gasteiger partial charge < -0.3 is 10.2 Å². The number of aromatic hydroxyl groups is 2. The molecule has 0 unspecified atom stereocenters. The third-order valence-corrected chi connectivity index (χ3v) is 4.01. The minimum atomic E-state index is -0.514. The Morgan fingerprint density at radius 3 is 2.19 bits per heavy atom. The SMILES string of the molecule is O=C(N/N=C/c1ccc2cccc(O)c2n1)c1ccc2cccc(O)c2n1. The number of hydrogen-bond acceptors (Lipinski definition) is 6. The van der Waals surface area contributed by atoms with E-state index in [0.29, 0.717) is 16.7 Å². The fourth-order valence-electron chi connectivity index (χ4n) is 2.69. The molecule has 0 saturated carbocycles. The third kappa shape index (κ3) is 3.25. The number of phenols is 2. The molecule has 7 heteroatoms. The lowest BCUT2D eigenvalue weighted by atomic mass is 10.2. The highest BCUT2D eigenvalue weighted by molar-refractivity contribution is 5.96. The van der Waals surface area contributed by atoms with Gasteiger partial charge in [0.25, 0.3) is 5.91 Å². The molecule has 0 aliphatic heterocycles. The van der Waals surface area contributed by atoms with Crippen molar-refractivity contribution in [3.05, 3.63) is 72.1 Å². The summed E-state index contributed by atoms with van der Waals surface area (Å²) in [6, 6.07) is 16.9. The van der Waals surface area contributed by atoms with Crippen LogP contribution in [0.2, 0.25) is 0 Å². The lowest BCUT2D eigenvalue weighted by molar-refractivity contribution is 0.0950. The first-order valence-corrected chi connectivity index (χ1v) is 8.13. The van der Waals surface area contributed by atoms with E-state index in [9.17, 15) is 15.0 Å². The van der Waals surface area contributed by atoms with Crippen LogP contribution < -0.4 is 5.43 Å². The summed E-state index contributed by atoms with van der Waals surface area (Å²) in [5, 5.41) is 25.1. The number of fused-ring (bicyclic) bond motifs is 2. The molecule has 0 bridgehead atoms. The van der Waals surface area contributed by atoms with Crippen LogP contribution in [0.3, 0.4) is 0 Å². The molecular formula is C20H14N4O3. The molecule has 27 heavy (non-hydrogen) atoms. The van der Waals surface area contributed by atoms with Gasteiger partial charge in [0.15, 0.2) is 0 Å². The van der Waals surface area contributed by atoms with Gasteiger partial charge in [0.05, 0.1) is 11.9 Å². The predicted octanol–water partition coefficient (Wildman–Crippen LogP) is 2.96. The van der Waals surface area contributed by atoms with Crippen molar-refractivity contribution in [2.24, 2.45) is 5.10 Å². The Morgan fingerprint density at radius 1 is 0.852 bits per heavy atom. The van der Waals surface area contributed by atoms with E-state index in [1.165, 1.54) is 12.3 Å². The van der Waals surface area contributed by atoms with Crippen molar-refractivity contribution in [2.45, 2.75) is 0 Å². The number of carbonyl (C=O) groups is 1. The molecule has 3 N–H and O–H groups in total. The van der Waals surface area contributed by atoms with Crippen molar-refractivity contribution in [3.8, 4) is 11.5 Å². The van der Waals surface area contributed by atoms with Crippen LogP contribution >= 0.6 is 0 Å². The number of para-hydroxylation sites is 2. The molecule has 0 atom stereocenters. The highest BCUT2D eigenvalue weighted by atomic mass is 16.3. The summed E-state index contributed by atoms with van der Waals surface area (Å²) in [6.45, 7) is 0. The number of rotatable bonds is 3. The Balaban J connectivity index is 1.54. The second-order valence-corrected chi connectivity index (χ2v) is 5.83. The van der Waals surface area contributed by atoms with Crippen LogP contribution in [0.4, 0.5) is 0 Å². The Labute approximate surface area is 153 Å². The van der Waals surface area contributed by atoms with Gasteiger partial charge >= 0.3 is 0 Å². The standard InChI is InChI=1S/C20H14N4O3/c25-16-5-1-3-12-7-9-14(22-18(12)16)11-21-24-20(27)15-10-8-13-4-2-6-17(26)19(13)23-15/h1-11,25-26H,(H,24,27)/b21-11+. The Bertz CT molecular complexity index is 1200. The van der Waals surface area contributed by atoms with E-state index in [2.05, 4.69) is 20.5 Å². The molecule has 132 valence electrons. The van der Waals surface area contributed by atoms with Gasteiger partial charge in [-0.05, 0) is 24.3 Å². The molecule has 2 aromatic carbocycles. The second-order valence-electron chi connectivity index (χ2n) is 5.83. The topological polar surface area (TPSA) is 108 Å². The van der Waals surface area contributed by atoms with Gasteiger partial charge in [-0.15, -0.1) is 0 Å². The normalized spacial score (nSPS) is 11.3. The summed E-state index contributed by atoms with van der Waals surface area (Å²) >= 11 is 0. The average molecular weight is 358 g/mol. The quantitative estimate of drug-likeness (QED) is 0.385. The predicted molar refractivity (Wildman–Crippen MR) is 102 cm³/mol. The molecule has 0 spiro atoms. The van der Waals surface area contributed by atoms with E-state index >= 15 is 0 Å². The monoisotopic (exact) mass is 358 g/mol. The lowest BCUT2D eigenvalue weighted by Crippen LogP contribution is -2.19. The van der Waals surface area contributed by atoms with Crippen molar-refractivity contribution >= 4 is 33.9 Å². The van der Waals surface area contributed by atoms with Crippen LogP contribution in [0.25, 0.3) is 21.8 Å². The molecular weight excluding hydrogens is 344 g/mol. The van der Waals surface area contributed by atoms with Gasteiger partial charge in [0.2, 0.25) is 0 Å². The van der Waals surface area contributed by atoms with Gasteiger partial charge in [-0.25, -0.2) is 15.4 Å². The number of pyridine rings is 2. The van der Waals surface area contributed by atoms with Gasteiger partial charge in [0.1, 0.15) is 28.2 Å². The zero-order chi connectivity index (χ0) is 18.8. The molecule has 0 fully saturated rings. The molecule has 4 rings (SSSR count). The van der Waals surface area contributed by atoms with Crippen LogP contribution in [-0.2, 0) is 0 Å². The van der Waals surface area contributed by atoms with Crippen LogP contribution in [-0.4, -0.2) is 32.3 Å². The Kier molecular flexibility index (Phi) is 4.10. The fourth-order valence-corrected chi connectivity index (χ4v) is 2.69. The van der Waals surface area contributed by atoms with Crippen molar-refractivity contribution < 1.29 is 15.0 Å². The number of hydrogen-bond donors (Lipinski definition) is 3. The molecule has 0 aliphatic carbocycles. The van der Waals surface area contributed by atoms with Crippen LogP contribution in [0, 0.1) is 0 Å². The lowest BCUT2D eigenvalue weighted by Gasteiger charge is -2.03. The smallest absolute Gasteiger partial charge is 0.289 e. The van der Waals surface area contributed by atoms with Crippen molar-refractivity contribution in [1.82, 2.24) is 15.4 Å². The number of hydrazone groups is 1. The second kappa shape index (κ2) is 6.72. The number of aromatic nitrogens is 2. The third-order valence-electron chi connectivity index (χ3n) is 4.01. The highest BCUT2D eigenvalue weighted by Crippen LogP contribution is 2.23. The minimum absolute atomic E-state index is 0.00539. The van der Waals surface area contributed by atoms with E-state index < -0.39 is 5.91 Å². The van der Waals surface area contributed by atoms with Gasteiger partial charge in [0, 0.05) is 10.8 Å². The number of carbonyl (C=O) groups excluding carboxylic acids is 1. The van der Waals surface area contributed by atoms with Crippen molar-refractivity contribution in [3.63, 3.8) is 0 Å². The summed E-state index contributed by atoms with van der Waals surface area (Å²) < 4.78 is 0. The van der Waals surface area contributed by atoms with Crippen molar-refractivity contribution in [1.29, 1.82) is 0 Å². The average Bonchev–Trinajstić information content (AvgIpc) is 2.68. The zero-order valence-electron chi connectivity index (χ0n) is 14.0. The first-order valence-electron chi connectivity index (χ1n) is 8.13. The zero-order valence-corrected chi connectivity index (χ0v) is 14.0. The van der Waals surface area contributed by atoms with Crippen molar-refractivity contribution in [2.75, 3.05) is 0 Å². The maximum atomic E-state index is 12.2. The number of amides is 1.